The molecule has 16 heavy (non-hydrogen) atoms. The third-order valence-corrected chi connectivity index (χ3v) is 2.53. The van der Waals surface area contributed by atoms with Crippen LogP contribution in [0.3, 0.4) is 0 Å². The van der Waals surface area contributed by atoms with E-state index in [0.29, 0.717) is 12.5 Å². The number of hydrogen-bond donors (Lipinski definition) is 2. The minimum atomic E-state index is -0.0674. The number of hydrogen-bond acceptors (Lipinski definition) is 5. The zero-order valence-electron chi connectivity index (χ0n) is 9.13. The maximum absolute atomic E-state index is 8.53. The van der Waals surface area contributed by atoms with Gasteiger partial charge in [-0.05, 0) is 15.9 Å². The fourth-order valence-corrected chi connectivity index (χ4v) is 1.39. The van der Waals surface area contributed by atoms with Crippen LogP contribution in [-0.4, -0.2) is 34.6 Å². The zero-order valence-corrected chi connectivity index (χ0v) is 10.7. The lowest BCUT2D eigenvalue weighted by Crippen LogP contribution is -2.33. The van der Waals surface area contributed by atoms with Crippen LogP contribution in [0.15, 0.2) is 22.0 Å². The maximum atomic E-state index is 8.53. The summed E-state index contributed by atoms with van der Waals surface area (Å²) in [6.45, 7) is 2.45. The van der Waals surface area contributed by atoms with Gasteiger partial charge >= 0.3 is 0 Å². The number of anilines is 1. The molecule has 3 N–H and O–H groups in total. The highest BCUT2D eigenvalue weighted by atomic mass is 79.9. The molecule has 0 aliphatic carbocycles. The summed E-state index contributed by atoms with van der Waals surface area (Å²) in [6.07, 6.45) is 3.35. The average Bonchev–Trinajstić information content (AvgIpc) is 2.28. The Morgan fingerprint density at radius 2 is 2.19 bits per heavy atom. The summed E-state index contributed by atoms with van der Waals surface area (Å²) in [5, 5.41) is 11.5. The fraction of sp³-hybridized carbons (Fsp3) is 0.444. The Hall–Kier alpha value is -1.37. The molecule has 6 nitrogen and oxygen atoms in total. The first kappa shape index (κ1) is 12.7. The second kappa shape index (κ2) is 5.64. The number of nitrogens with zero attached hydrogens (tertiary/aromatic N) is 4. The van der Waals surface area contributed by atoms with E-state index in [1.165, 1.54) is 0 Å². The van der Waals surface area contributed by atoms with E-state index in [1.807, 2.05) is 18.9 Å². The van der Waals surface area contributed by atoms with Gasteiger partial charge in [0.2, 0.25) is 5.95 Å². The molecule has 7 heteroatoms. The van der Waals surface area contributed by atoms with Gasteiger partial charge in [0.1, 0.15) is 5.84 Å². The van der Waals surface area contributed by atoms with Crippen LogP contribution in [0.5, 0.6) is 0 Å². The van der Waals surface area contributed by atoms with Gasteiger partial charge in [-0.3, -0.25) is 0 Å². The lowest BCUT2D eigenvalue weighted by atomic mass is 10.1. The molecule has 1 heterocycles. The average molecular weight is 288 g/mol. The van der Waals surface area contributed by atoms with Crippen molar-refractivity contribution in [3.8, 4) is 0 Å². The Morgan fingerprint density at radius 1 is 1.62 bits per heavy atom. The smallest absolute Gasteiger partial charge is 0.225 e. The van der Waals surface area contributed by atoms with Crippen LogP contribution in [0.25, 0.3) is 0 Å². The molecule has 1 unspecified atom stereocenters. The fourth-order valence-electron chi connectivity index (χ4n) is 1.19. The van der Waals surface area contributed by atoms with E-state index in [4.69, 9.17) is 10.9 Å². The highest BCUT2D eigenvalue weighted by Gasteiger charge is 2.12. The molecule has 0 fully saturated rings. The molecule has 0 aliphatic rings. The van der Waals surface area contributed by atoms with Gasteiger partial charge < -0.3 is 15.8 Å². The first-order valence-corrected chi connectivity index (χ1v) is 5.50. The lowest BCUT2D eigenvalue weighted by molar-refractivity contribution is 0.314. The predicted molar refractivity (Wildman–Crippen MR) is 65.6 cm³/mol. The molecule has 0 spiro atoms. The van der Waals surface area contributed by atoms with Crippen LogP contribution < -0.4 is 10.6 Å². The number of aromatic nitrogens is 2. The molecule has 0 aliphatic heterocycles. The monoisotopic (exact) mass is 287 g/mol. The Kier molecular flexibility index (Phi) is 4.48. The first-order chi connectivity index (χ1) is 7.54. The molecule has 0 saturated heterocycles. The number of oxime groups is 1. The number of rotatable bonds is 4. The number of amidine groups is 1. The van der Waals surface area contributed by atoms with Crippen LogP contribution >= 0.6 is 15.9 Å². The molecular weight excluding hydrogens is 274 g/mol. The maximum Gasteiger partial charge on any atom is 0.225 e. The van der Waals surface area contributed by atoms with Gasteiger partial charge in [0.25, 0.3) is 0 Å². The Morgan fingerprint density at radius 3 is 2.69 bits per heavy atom. The van der Waals surface area contributed by atoms with E-state index in [-0.39, 0.29) is 11.8 Å². The second-order valence-electron chi connectivity index (χ2n) is 3.51. The summed E-state index contributed by atoms with van der Waals surface area (Å²) < 4.78 is 0.828. The van der Waals surface area contributed by atoms with Crippen LogP contribution in [0, 0.1) is 5.92 Å². The van der Waals surface area contributed by atoms with Gasteiger partial charge in [-0.1, -0.05) is 12.1 Å². The Labute approximate surface area is 102 Å². The van der Waals surface area contributed by atoms with Crippen molar-refractivity contribution in [1.29, 1.82) is 0 Å². The van der Waals surface area contributed by atoms with Crippen molar-refractivity contribution in [2.24, 2.45) is 16.8 Å². The predicted octanol–water partition coefficient (Wildman–Crippen LogP) is 1.06. The van der Waals surface area contributed by atoms with Gasteiger partial charge in [0, 0.05) is 31.9 Å². The zero-order chi connectivity index (χ0) is 12.1. The molecule has 1 aromatic rings. The largest absolute Gasteiger partial charge is 0.409 e. The summed E-state index contributed by atoms with van der Waals surface area (Å²) >= 11 is 3.26. The van der Waals surface area contributed by atoms with Crippen LogP contribution in [0.4, 0.5) is 5.95 Å². The number of nitrogens with two attached hydrogens (primary N) is 1. The highest BCUT2D eigenvalue weighted by molar-refractivity contribution is 9.10. The van der Waals surface area contributed by atoms with Gasteiger partial charge in [0.15, 0.2) is 0 Å². The third kappa shape index (κ3) is 3.34. The van der Waals surface area contributed by atoms with Crippen molar-refractivity contribution in [1.82, 2.24) is 9.97 Å². The lowest BCUT2D eigenvalue weighted by Gasteiger charge is -2.20. The first-order valence-electron chi connectivity index (χ1n) is 4.70. The molecule has 1 rings (SSSR count). The van der Waals surface area contributed by atoms with Gasteiger partial charge in [-0.15, -0.1) is 0 Å². The van der Waals surface area contributed by atoms with E-state index >= 15 is 0 Å². The quantitative estimate of drug-likeness (QED) is 0.374. The molecule has 0 amide bonds. The van der Waals surface area contributed by atoms with Crippen LogP contribution in [0.1, 0.15) is 6.92 Å². The minimum absolute atomic E-state index is 0.0674. The summed E-state index contributed by atoms with van der Waals surface area (Å²) in [4.78, 5) is 10.1. The molecule has 1 aromatic heterocycles. The topological polar surface area (TPSA) is 87.6 Å². The third-order valence-electron chi connectivity index (χ3n) is 2.12. The molecule has 0 bridgehead atoms. The normalized spacial score (nSPS) is 13.6. The molecule has 1 atom stereocenters. The van der Waals surface area contributed by atoms with Crippen molar-refractivity contribution in [2.75, 3.05) is 18.5 Å². The van der Waals surface area contributed by atoms with E-state index < -0.39 is 0 Å². The summed E-state index contributed by atoms with van der Waals surface area (Å²) in [5.74, 6) is 0.729. The van der Waals surface area contributed by atoms with Crippen molar-refractivity contribution in [3.63, 3.8) is 0 Å². The van der Waals surface area contributed by atoms with Crippen molar-refractivity contribution >= 4 is 27.7 Å². The molecule has 0 aromatic carbocycles. The van der Waals surface area contributed by atoms with Crippen LogP contribution in [0.2, 0.25) is 0 Å². The van der Waals surface area contributed by atoms with Crippen LogP contribution in [-0.2, 0) is 0 Å². The van der Waals surface area contributed by atoms with Crippen molar-refractivity contribution in [3.05, 3.63) is 16.9 Å². The Bertz CT molecular complexity index is 367. The van der Waals surface area contributed by atoms with Gasteiger partial charge in [0.05, 0.1) is 4.47 Å². The minimum Gasteiger partial charge on any atom is -0.409 e. The molecule has 0 saturated carbocycles. The molecule has 0 radical (unpaired) electrons. The summed E-state index contributed by atoms with van der Waals surface area (Å²) in [5.41, 5.74) is 5.49. The SMILES string of the molecule is CC(CN(C)c1ncc(Br)cn1)C(N)=NO. The second-order valence-corrected chi connectivity index (χ2v) is 4.42. The molecule has 88 valence electrons. The summed E-state index contributed by atoms with van der Waals surface area (Å²) in [7, 11) is 1.85. The summed E-state index contributed by atoms with van der Waals surface area (Å²) in [6, 6.07) is 0. The van der Waals surface area contributed by atoms with E-state index in [0.717, 1.165) is 4.47 Å². The van der Waals surface area contributed by atoms with Crippen molar-refractivity contribution in [2.45, 2.75) is 6.92 Å². The Balaban J connectivity index is 2.65. The van der Waals surface area contributed by atoms with E-state index in [2.05, 4.69) is 31.1 Å². The standard InChI is InChI=1S/C9H14BrN5O/c1-6(8(11)14-16)5-15(2)9-12-3-7(10)4-13-9/h3-4,6,16H,5H2,1-2H3,(H2,11,14). The van der Waals surface area contributed by atoms with Gasteiger partial charge in [-0.2, -0.15) is 0 Å². The number of halogens is 1. The molecular formula is C9H14BrN5O. The van der Waals surface area contributed by atoms with E-state index in [1.54, 1.807) is 12.4 Å². The van der Waals surface area contributed by atoms with Gasteiger partial charge in [-0.25, -0.2) is 9.97 Å². The van der Waals surface area contributed by atoms with Crippen molar-refractivity contribution < 1.29 is 5.21 Å². The highest BCUT2D eigenvalue weighted by Crippen LogP contribution is 2.11. The van der Waals surface area contributed by atoms with E-state index in [9.17, 15) is 0 Å².